The minimum absolute atomic E-state index is 0.732. The SMILES string of the molecule is CN(C)[C@H]1Cc2ccccc2[C@H](C2CCCCCCC2)C1. The fourth-order valence-corrected chi connectivity index (χ4v) is 4.57. The molecule has 0 saturated heterocycles. The van der Waals surface area contributed by atoms with Crippen LogP contribution in [0.3, 0.4) is 0 Å². The molecule has 1 fully saturated rings. The molecule has 0 spiro atoms. The Hall–Kier alpha value is -0.820. The van der Waals surface area contributed by atoms with E-state index < -0.39 is 0 Å². The smallest absolute Gasteiger partial charge is 0.0136 e. The topological polar surface area (TPSA) is 3.24 Å². The van der Waals surface area contributed by atoms with Gasteiger partial charge in [-0.25, -0.2) is 0 Å². The first-order valence-corrected chi connectivity index (χ1v) is 9.00. The van der Waals surface area contributed by atoms with Gasteiger partial charge in [0.15, 0.2) is 0 Å². The quantitative estimate of drug-likeness (QED) is 0.738. The van der Waals surface area contributed by atoms with Gasteiger partial charge in [-0.3, -0.25) is 0 Å². The molecule has 1 heteroatoms. The van der Waals surface area contributed by atoms with Crippen LogP contribution in [0.25, 0.3) is 0 Å². The van der Waals surface area contributed by atoms with Crippen LogP contribution in [0.5, 0.6) is 0 Å². The molecule has 0 amide bonds. The lowest BCUT2D eigenvalue weighted by atomic mass is 9.70. The Morgan fingerprint density at radius 2 is 1.57 bits per heavy atom. The van der Waals surface area contributed by atoms with Crippen LogP contribution >= 0.6 is 0 Å². The van der Waals surface area contributed by atoms with Gasteiger partial charge in [-0.1, -0.05) is 56.4 Å². The fraction of sp³-hybridized carbons (Fsp3) is 0.700. The zero-order chi connectivity index (χ0) is 14.7. The molecule has 3 rings (SSSR count). The van der Waals surface area contributed by atoms with Crippen molar-refractivity contribution in [1.29, 1.82) is 0 Å². The molecule has 0 radical (unpaired) electrons. The van der Waals surface area contributed by atoms with Crippen molar-refractivity contribution in [1.82, 2.24) is 4.90 Å². The number of nitrogens with zero attached hydrogens (tertiary/aromatic N) is 1. The van der Waals surface area contributed by atoms with Crippen LogP contribution in [0.4, 0.5) is 0 Å². The largest absolute Gasteiger partial charge is 0.306 e. The molecule has 1 aromatic rings. The summed E-state index contributed by atoms with van der Waals surface area (Å²) in [4.78, 5) is 2.45. The van der Waals surface area contributed by atoms with Gasteiger partial charge in [0.25, 0.3) is 0 Å². The molecule has 0 heterocycles. The van der Waals surface area contributed by atoms with Crippen LogP contribution in [0, 0.1) is 5.92 Å². The van der Waals surface area contributed by atoms with E-state index in [4.69, 9.17) is 0 Å². The Balaban J connectivity index is 1.84. The Morgan fingerprint density at radius 1 is 0.905 bits per heavy atom. The Morgan fingerprint density at radius 3 is 2.29 bits per heavy atom. The van der Waals surface area contributed by atoms with Crippen LogP contribution in [-0.2, 0) is 6.42 Å². The molecule has 2 aliphatic carbocycles. The molecular formula is C20H31N. The van der Waals surface area contributed by atoms with Crippen molar-refractivity contribution in [2.24, 2.45) is 5.92 Å². The second-order valence-corrected chi connectivity index (χ2v) is 7.47. The highest BCUT2D eigenvalue weighted by molar-refractivity contribution is 5.34. The van der Waals surface area contributed by atoms with Gasteiger partial charge in [0.05, 0.1) is 0 Å². The standard InChI is InChI=1S/C20H31N/c1-21(2)18-14-17-12-8-9-13-19(17)20(15-18)16-10-6-4-3-5-7-11-16/h8-9,12-13,16,18,20H,3-7,10-11,14-15H2,1-2H3/t18-,20-/m0/s1. The number of fused-ring (bicyclic) bond motifs is 1. The highest BCUT2D eigenvalue weighted by atomic mass is 15.1. The van der Waals surface area contributed by atoms with Gasteiger partial charge in [0.2, 0.25) is 0 Å². The Kier molecular flexibility index (Phi) is 5.00. The van der Waals surface area contributed by atoms with Crippen LogP contribution in [0.2, 0.25) is 0 Å². The maximum Gasteiger partial charge on any atom is 0.0136 e. The summed E-state index contributed by atoms with van der Waals surface area (Å²) in [5.74, 6) is 1.73. The number of hydrogen-bond acceptors (Lipinski definition) is 1. The number of rotatable bonds is 2. The van der Waals surface area contributed by atoms with Gasteiger partial charge in [0, 0.05) is 6.04 Å². The van der Waals surface area contributed by atoms with E-state index in [2.05, 4.69) is 43.3 Å². The molecule has 2 aliphatic rings. The predicted molar refractivity (Wildman–Crippen MR) is 90.8 cm³/mol. The van der Waals surface area contributed by atoms with Gasteiger partial charge >= 0.3 is 0 Å². The van der Waals surface area contributed by atoms with Gasteiger partial charge in [-0.05, 0) is 62.7 Å². The molecule has 1 nitrogen and oxygen atoms in total. The lowest BCUT2D eigenvalue weighted by molar-refractivity contribution is 0.209. The van der Waals surface area contributed by atoms with E-state index in [-0.39, 0.29) is 0 Å². The summed E-state index contributed by atoms with van der Waals surface area (Å²) < 4.78 is 0. The van der Waals surface area contributed by atoms with Crippen LogP contribution in [0.1, 0.15) is 68.4 Å². The van der Waals surface area contributed by atoms with E-state index in [1.165, 1.54) is 57.8 Å². The van der Waals surface area contributed by atoms with Crippen molar-refractivity contribution >= 4 is 0 Å². The number of benzene rings is 1. The molecule has 0 N–H and O–H groups in total. The molecule has 1 saturated carbocycles. The second-order valence-electron chi connectivity index (χ2n) is 7.47. The van der Waals surface area contributed by atoms with Crippen molar-refractivity contribution in [2.45, 2.75) is 69.7 Å². The number of hydrogen-bond donors (Lipinski definition) is 0. The highest BCUT2D eigenvalue weighted by Crippen LogP contribution is 2.42. The third kappa shape index (κ3) is 3.51. The second kappa shape index (κ2) is 6.96. The number of likely N-dealkylation sites (N-methyl/N-ethyl adjacent to an activating group) is 1. The first kappa shape index (κ1) is 15.1. The van der Waals surface area contributed by atoms with E-state index in [1.54, 1.807) is 11.1 Å². The molecule has 1 aromatic carbocycles. The van der Waals surface area contributed by atoms with Crippen LogP contribution in [-0.4, -0.2) is 25.0 Å². The minimum atomic E-state index is 0.732. The summed E-state index contributed by atoms with van der Waals surface area (Å²) in [5, 5.41) is 0. The lowest BCUT2D eigenvalue weighted by Crippen LogP contribution is -2.37. The summed E-state index contributed by atoms with van der Waals surface area (Å²) in [5.41, 5.74) is 3.30. The van der Waals surface area contributed by atoms with Crippen LogP contribution < -0.4 is 0 Å². The van der Waals surface area contributed by atoms with Crippen molar-refractivity contribution in [2.75, 3.05) is 14.1 Å². The first-order chi connectivity index (χ1) is 10.3. The summed E-state index contributed by atoms with van der Waals surface area (Å²) in [6.45, 7) is 0. The van der Waals surface area contributed by atoms with Crippen molar-refractivity contribution in [3.63, 3.8) is 0 Å². The average molecular weight is 285 g/mol. The normalized spacial score (nSPS) is 28.0. The summed E-state index contributed by atoms with van der Waals surface area (Å²) in [6.07, 6.45) is 12.8. The van der Waals surface area contributed by atoms with Crippen LogP contribution in [0.15, 0.2) is 24.3 Å². The fourth-order valence-electron chi connectivity index (χ4n) is 4.57. The van der Waals surface area contributed by atoms with E-state index in [0.717, 1.165) is 17.9 Å². The third-order valence-corrected chi connectivity index (χ3v) is 5.89. The summed E-state index contributed by atoms with van der Waals surface area (Å²) in [7, 11) is 4.52. The molecule has 0 bridgehead atoms. The van der Waals surface area contributed by atoms with Gasteiger partial charge in [0.1, 0.15) is 0 Å². The molecule has 0 aliphatic heterocycles. The van der Waals surface area contributed by atoms with E-state index in [0.29, 0.717) is 0 Å². The molecule has 116 valence electrons. The Bertz CT molecular complexity index is 443. The molecule has 2 atom stereocenters. The highest BCUT2D eigenvalue weighted by Gasteiger charge is 2.32. The van der Waals surface area contributed by atoms with Crippen molar-refractivity contribution in [3.05, 3.63) is 35.4 Å². The maximum absolute atomic E-state index is 2.45. The first-order valence-electron chi connectivity index (χ1n) is 9.00. The van der Waals surface area contributed by atoms with E-state index >= 15 is 0 Å². The van der Waals surface area contributed by atoms with Gasteiger partial charge in [-0.2, -0.15) is 0 Å². The summed E-state index contributed by atoms with van der Waals surface area (Å²) in [6, 6.07) is 10.0. The van der Waals surface area contributed by atoms with Crippen molar-refractivity contribution in [3.8, 4) is 0 Å². The van der Waals surface area contributed by atoms with E-state index in [9.17, 15) is 0 Å². The van der Waals surface area contributed by atoms with E-state index in [1.807, 2.05) is 0 Å². The minimum Gasteiger partial charge on any atom is -0.306 e. The van der Waals surface area contributed by atoms with Crippen molar-refractivity contribution < 1.29 is 0 Å². The van der Waals surface area contributed by atoms with Gasteiger partial charge < -0.3 is 4.90 Å². The molecule has 21 heavy (non-hydrogen) atoms. The molecule has 0 unspecified atom stereocenters. The zero-order valence-corrected chi connectivity index (χ0v) is 13.9. The summed E-state index contributed by atoms with van der Waals surface area (Å²) >= 11 is 0. The Labute approximate surface area is 130 Å². The monoisotopic (exact) mass is 285 g/mol. The molecular weight excluding hydrogens is 254 g/mol. The zero-order valence-electron chi connectivity index (χ0n) is 13.9. The van der Waals surface area contributed by atoms with Gasteiger partial charge in [-0.15, -0.1) is 0 Å². The maximum atomic E-state index is 2.45. The lowest BCUT2D eigenvalue weighted by Gasteiger charge is -2.39. The third-order valence-electron chi connectivity index (χ3n) is 5.89. The predicted octanol–water partition coefficient (Wildman–Crippen LogP) is 5.01. The molecule has 0 aromatic heterocycles. The average Bonchev–Trinajstić information content (AvgIpc) is 2.46.